The lowest BCUT2D eigenvalue weighted by molar-refractivity contribution is 0.111. The van der Waals surface area contributed by atoms with Gasteiger partial charge in [0.15, 0.2) is 6.29 Å². The van der Waals surface area contributed by atoms with Gasteiger partial charge in [-0.05, 0) is 17.5 Å². The molecule has 0 fully saturated rings. The van der Waals surface area contributed by atoms with Gasteiger partial charge in [0.25, 0.3) is 0 Å². The zero-order valence-corrected chi connectivity index (χ0v) is 7.08. The summed E-state index contributed by atoms with van der Waals surface area (Å²) in [6.07, 6.45) is 1.63. The second-order valence-electron chi connectivity index (χ2n) is 2.62. The maximum atomic E-state index is 10.7. The fraction of sp³-hybridized carbons (Fsp3) is 0.300. The lowest BCUT2D eigenvalue weighted by Crippen LogP contribution is -1.97. The molecule has 0 atom stereocenters. The topological polar surface area (TPSA) is 37.3 Å². The molecule has 0 spiro atoms. The maximum absolute atomic E-state index is 10.7. The highest BCUT2D eigenvalue weighted by Gasteiger charge is 2.03. The van der Waals surface area contributed by atoms with Crippen LogP contribution in [0.15, 0.2) is 18.2 Å². The van der Waals surface area contributed by atoms with E-state index in [-0.39, 0.29) is 6.61 Å². The number of aryl methyl sites for hydroxylation is 1. The van der Waals surface area contributed by atoms with Crippen molar-refractivity contribution in [3.05, 3.63) is 34.9 Å². The van der Waals surface area contributed by atoms with Crippen LogP contribution in [0.25, 0.3) is 0 Å². The second-order valence-corrected chi connectivity index (χ2v) is 2.62. The van der Waals surface area contributed by atoms with Gasteiger partial charge in [-0.2, -0.15) is 0 Å². The predicted octanol–water partition coefficient (Wildman–Crippen LogP) is 1.55. The lowest BCUT2D eigenvalue weighted by Gasteiger charge is -2.05. The summed E-state index contributed by atoms with van der Waals surface area (Å²) < 4.78 is 0. The summed E-state index contributed by atoms with van der Waals surface area (Å²) in [7, 11) is 0. The minimum Gasteiger partial charge on any atom is -0.392 e. The molecule has 0 aromatic heterocycles. The average Bonchev–Trinajstić information content (AvgIpc) is 2.16. The van der Waals surface area contributed by atoms with Crippen molar-refractivity contribution in [2.45, 2.75) is 20.0 Å². The van der Waals surface area contributed by atoms with Gasteiger partial charge in [0.1, 0.15) is 0 Å². The third-order valence-electron chi connectivity index (χ3n) is 1.96. The Morgan fingerprint density at radius 1 is 1.42 bits per heavy atom. The largest absolute Gasteiger partial charge is 0.392 e. The summed E-state index contributed by atoms with van der Waals surface area (Å²) in [5.41, 5.74) is 2.35. The molecule has 1 rings (SSSR count). The molecule has 0 bridgehead atoms. The van der Waals surface area contributed by atoms with E-state index in [1.807, 2.05) is 19.1 Å². The molecule has 1 N–H and O–H groups in total. The zero-order valence-electron chi connectivity index (χ0n) is 7.08. The van der Waals surface area contributed by atoms with Crippen molar-refractivity contribution < 1.29 is 9.90 Å². The Balaban J connectivity index is 3.21. The lowest BCUT2D eigenvalue weighted by atomic mass is 10.0. The quantitative estimate of drug-likeness (QED) is 0.688. The Labute approximate surface area is 71.8 Å². The molecule has 2 nitrogen and oxygen atoms in total. The molecule has 0 aliphatic heterocycles. The molecule has 1 aromatic carbocycles. The van der Waals surface area contributed by atoms with Crippen LogP contribution in [-0.2, 0) is 13.0 Å². The Bertz CT molecular complexity index is 257. The first-order chi connectivity index (χ1) is 5.83. The highest BCUT2D eigenvalue weighted by Crippen LogP contribution is 2.13. The molecule has 64 valence electrons. The summed E-state index contributed by atoms with van der Waals surface area (Å²) >= 11 is 0. The summed E-state index contributed by atoms with van der Waals surface area (Å²) in [4.78, 5) is 10.7. The van der Waals surface area contributed by atoms with Gasteiger partial charge in [-0.3, -0.25) is 4.79 Å². The van der Waals surface area contributed by atoms with Gasteiger partial charge in [-0.15, -0.1) is 0 Å². The minimum absolute atomic E-state index is 0.0675. The third kappa shape index (κ3) is 1.53. The van der Waals surface area contributed by atoms with Gasteiger partial charge in [0.2, 0.25) is 0 Å². The van der Waals surface area contributed by atoms with E-state index in [1.165, 1.54) is 0 Å². The van der Waals surface area contributed by atoms with Crippen LogP contribution < -0.4 is 0 Å². The summed E-state index contributed by atoms with van der Waals surface area (Å²) in [6.45, 7) is 1.92. The van der Waals surface area contributed by atoms with Gasteiger partial charge >= 0.3 is 0 Å². The van der Waals surface area contributed by atoms with E-state index in [1.54, 1.807) is 6.07 Å². The Hall–Kier alpha value is -1.15. The number of aldehydes is 1. The number of rotatable bonds is 3. The van der Waals surface area contributed by atoms with Gasteiger partial charge in [-0.25, -0.2) is 0 Å². The highest BCUT2D eigenvalue weighted by molar-refractivity contribution is 5.79. The minimum atomic E-state index is -0.0675. The van der Waals surface area contributed by atoms with E-state index in [9.17, 15) is 4.79 Å². The molecule has 0 heterocycles. The van der Waals surface area contributed by atoms with Crippen molar-refractivity contribution in [3.63, 3.8) is 0 Å². The van der Waals surface area contributed by atoms with Crippen molar-refractivity contribution in [2.24, 2.45) is 0 Å². The number of aliphatic hydroxyl groups excluding tert-OH is 1. The number of carbonyl (C=O) groups excluding carboxylic acids is 1. The van der Waals surface area contributed by atoms with Crippen LogP contribution >= 0.6 is 0 Å². The average molecular weight is 164 g/mol. The van der Waals surface area contributed by atoms with Crippen LogP contribution in [0.3, 0.4) is 0 Å². The molecule has 1 aromatic rings. The van der Waals surface area contributed by atoms with Crippen molar-refractivity contribution >= 4 is 6.29 Å². The first-order valence-corrected chi connectivity index (χ1v) is 4.00. The molecule has 0 radical (unpaired) electrons. The van der Waals surface area contributed by atoms with Gasteiger partial charge < -0.3 is 5.11 Å². The van der Waals surface area contributed by atoms with E-state index in [0.717, 1.165) is 18.3 Å². The fourth-order valence-electron chi connectivity index (χ4n) is 1.26. The molecule has 0 amide bonds. The first-order valence-electron chi connectivity index (χ1n) is 4.00. The first kappa shape index (κ1) is 8.94. The van der Waals surface area contributed by atoms with Crippen LogP contribution in [0.4, 0.5) is 0 Å². The summed E-state index contributed by atoms with van der Waals surface area (Å²) in [5, 5.41) is 8.91. The molecule has 0 unspecified atom stereocenters. The van der Waals surface area contributed by atoms with E-state index >= 15 is 0 Å². The van der Waals surface area contributed by atoms with Crippen LogP contribution in [0.1, 0.15) is 28.4 Å². The molecule has 12 heavy (non-hydrogen) atoms. The number of aliphatic hydroxyl groups is 1. The van der Waals surface area contributed by atoms with Crippen molar-refractivity contribution in [3.8, 4) is 0 Å². The van der Waals surface area contributed by atoms with Crippen molar-refractivity contribution in [1.29, 1.82) is 0 Å². The van der Waals surface area contributed by atoms with Crippen LogP contribution in [0.2, 0.25) is 0 Å². The molecule has 2 heteroatoms. The van der Waals surface area contributed by atoms with E-state index in [4.69, 9.17) is 5.11 Å². The Morgan fingerprint density at radius 2 is 2.08 bits per heavy atom. The zero-order chi connectivity index (χ0) is 8.97. The van der Waals surface area contributed by atoms with E-state index in [2.05, 4.69) is 0 Å². The molecular weight excluding hydrogens is 152 g/mol. The number of hydrogen-bond donors (Lipinski definition) is 1. The smallest absolute Gasteiger partial charge is 0.150 e. The molecule has 0 aliphatic rings. The van der Waals surface area contributed by atoms with Crippen molar-refractivity contribution in [1.82, 2.24) is 0 Å². The van der Waals surface area contributed by atoms with Crippen molar-refractivity contribution in [2.75, 3.05) is 0 Å². The molecule has 0 aliphatic carbocycles. The Morgan fingerprint density at radius 3 is 2.58 bits per heavy atom. The normalized spacial score (nSPS) is 9.83. The second kappa shape index (κ2) is 4.02. The number of benzene rings is 1. The van der Waals surface area contributed by atoms with E-state index < -0.39 is 0 Å². The Kier molecular flexibility index (Phi) is 3.00. The highest BCUT2D eigenvalue weighted by atomic mass is 16.3. The predicted molar refractivity (Wildman–Crippen MR) is 47.1 cm³/mol. The molecule has 0 saturated carbocycles. The molecular formula is C10H12O2. The number of carbonyl (C=O) groups is 1. The summed E-state index contributed by atoms with van der Waals surface area (Å²) in [6, 6.07) is 5.53. The summed E-state index contributed by atoms with van der Waals surface area (Å²) in [5.74, 6) is 0. The monoisotopic (exact) mass is 164 g/mol. The third-order valence-corrected chi connectivity index (χ3v) is 1.96. The van der Waals surface area contributed by atoms with Crippen LogP contribution in [0, 0.1) is 0 Å². The van der Waals surface area contributed by atoms with Crippen LogP contribution in [-0.4, -0.2) is 11.4 Å². The van der Waals surface area contributed by atoms with E-state index in [0.29, 0.717) is 11.1 Å². The standard InChI is InChI=1S/C10H12O2/c1-2-8-4-3-5-9(6-11)10(8)7-12/h3-5,7,11H,2,6H2,1H3. The SMILES string of the molecule is CCc1cccc(CO)c1C=O. The number of hydrogen-bond acceptors (Lipinski definition) is 2. The van der Waals surface area contributed by atoms with Gasteiger partial charge in [0, 0.05) is 5.56 Å². The van der Waals surface area contributed by atoms with Crippen LogP contribution in [0.5, 0.6) is 0 Å². The maximum Gasteiger partial charge on any atom is 0.150 e. The van der Waals surface area contributed by atoms with Gasteiger partial charge in [-0.1, -0.05) is 25.1 Å². The van der Waals surface area contributed by atoms with Gasteiger partial charge in [0.05, 0.1) is 6.61 Å². The fourth-order valence-corrected chi connectivity index (χ4v) is 1.26. The molecule has 0 saturated heterocycles.